The minimum Gasteiger partial charge on any atom is -0.345 e. The summed E-state index contributed by atoms with van der Waals surface area (Å²) in [5.41, 5.74) is 2.33. The number of amides is 1. The lowest BCUT2D eigenvalue weighted by Crippen LogP contribution is -2.29. The van der Waals surface area contributed by atoms with Crippen molar-refractivity contribution in [2.24, 2.45) is 0 Å². The zero-order valence-electron chi connectivity index (χ0n) is 13.5. The second-order valence-electron chi connectivity index (χ2n) is 5.74. The Morgan fingerprint density at radius 3 is 2.64 bits per heavy atom. The SMILES string of the molecule is CC(C)c1csc(CCC(=O)N(C)CCc2ccncc2)n1. The van der Waals surface area contributed by atoms with Gasteiger partial charge in [-0.2, -0.15) is 0 Å². The van der Waals surface area contributed by atoms with Gasteiger partial charge in [-0.25, -0.2) is 4.98 Å². The summed E-state index contributed by atoms with van der Waals surface area (Å²) in [6, 6.07) is 3.97. The van der Waals surface area contributed by atoms with E-state index in [1.807, 2.05) is 19.2 Å². The number of hydrogen-bond donors (Lipinski definition) is 0. The third-order valence-corrected chi connectivity index (χ3v) is 4.55. The van der Waals surface area contributed by atoms with Crippen LogP contribution >= 0.6 is 11.3 Å². The van der Waals surface area contributed by atoms with Gasteiger partial charge < -0.3 is 4.90 Å². The molecule has 4 nitrogen and oxygen atoms in total. The average molecular weight is 317 g/mol. The lowest BCUT2D eigenvalue weighted by molar-refractivity contribution is -0.129. The number of nitrogens with zero attached hydrogens (tertiary/aromatic N) is 3. The van der Waals surface area contributed by atoms with Crippen molar-refractivity contribution >= 4 is 17.2 Å². The first-order valence-corrected chi connectivity index (χ1v) is 8.51. The van der Waals surface area contributed by atoms with Crippen molar-refractivity contribution in [3.8, 4) is 0 Å². The topological polar surface area (TPSA) is 46.1 Å². The van der Waals surface area contributed by atoms with E-state index in [4.69, 9.17) is 0 Å². The quantitative estimate of drug-likeness (QED) is 0.787. The molecule has 118 valence electrons. The second kappa shape index (κ2) is 8.03. The van der Waals surface area contributed by atoms with E-state index in [1.54, 1.807) is 28.6 Å². The highest BCUT2D eigenvalue weighted by molar-refractivity contribution is 7.09. The van der Waals surface area contributed by atoms with Gasteiger partial charge in [0.15, 0.2) is 0 Å². The van der Waals surface area contributed by atoms with Crippen LogP contribution < -0.4 is 0 Å². The number of rotatable bonds is 7. The number of hydrogen-bond acceptors (Lipinski definition) is 4. The second-order valence-corrected chi connectivity index (χ2v) is 6.68. The molecular formula is C17H23N3OS. The first kappa shape index (κ1) is 16.6. The van der Waals surface area contributed by atoms with E-state index in [2.05, 4.69) is 29.2 Å². The first-order chi connectivity index (χ1) is 10.6. The van der Waals surface area contributed by atoms with Crippen molar-refractivity contribution in [1.29, 1.82) is 0 Å². The van der Waals surface area contributed by atoms with Gasteiger partial charge in [-0.3, -0.25) is 9.78 Å². The van der Waals surface area contributed by atoms with Crippen molar-refractivity contribution in [3.05, 3.63) is 46.2 Å². The number of carbonyl (C=O) groups is 1. The lowest BCUT2D eigenvalue weighted by atomic mass is 10.2. The Morgan fingerprint density at radius 2 is 2.00 bits per heavy atom. The fraction of sp³-hybridized carbons (Fsp3) is 0.471. The predicted octanol–water partition coefficient (Wildman–Crippen LogP) is 3.30. The van der Waals surface area contributed by atoms with E-state index in [0.29, 0.717) is 12.3 Å². The molecule has 5 heteroatoms. The largest absolute Gasteiger partial charge is 0.345 e. The summed E-state index contributed by atoms with van der Waals surface area (Å²) in [6.45, 7) is 5.01. The highest BCUT2D eigenvalue weighted by Crippen LogP contribution is 2.18. The van der Waals surface area contributed by atoms with Crippen LogP contribution in [0.25, 0.3) is 0 Å². The standard InChI is InChI=1S/C17H23N3OS/c1-13(2)15-12-22-16(19-15)4-5-17(21)20(3)11-8-14-6-9-18-10-7-14/h6-7,9-10,12-13H,4-5,8,11H2,1-3H3. The fourth-order valence-electron chi connectivity index (χ4n) is 2.08. The predicted molar refractivity (Wildman–Crippen MR) is 90.1 cm³/mol. The van der Waals surface area contributed by atoms with E-state index >= 15 is 0 Å². The molecular weight excluding hydrogens is 294 g/mol. The molecule has 0 unspecified atom stereocenters. The van der Waals surface area contributed by atoms with Gasteiger partial charge in [0, 0.05) is 44.2 Å². The number of pyridine rings is 1. The van der Waals surface area contributed by atoms with Crippen LogP contribution in [0.3, 0.4) is 0 Å². The summed E-state index contributed by atoms with van der Waals surface area (Å²) in [7, 11) is 1.87. The molecule has 2 heterocycles. The molecule has 0 N–H and O–H groups in total. The molecule has 0 atom stereocenters. The Balaban J connectivity index is 1.76. The lowest BCUT2D eigenvalue weighted by Gasteiger charge is -2.16. The molecule has 0 saturated carbocycles. The number of carbonyl (C=O) groups excluding carboxylic acids is 1. The zero-order valence-corrected chi connectivity index (χ0v) is 14.3. The van der Waals surface area contributed by atoms with Gasteiger partial charge in [0.1, 0.15) is 0 Å². The van der Waals surface area contributed by atoms with Crippen LogP contribution in [-0.4, -0.2) is 34.4 Å². The van der Waals surface area contributed by atoms with Crippen LogP contribution in [0.5, 0.6) is 0 Å². The zero-order chi connectivity index (χ0) is 15.9. The summed E-state index contributed by atoms with van der Waals surface area (Å²) < 4.78 is 0. The Kier molecular flexibility index (Phi) is 6.07. The van der Waals surface area contributed by atoms with Crippen LogP contribution in [0.2, 0.25) is 0 Å². The van der Waals surface area contributed by atoms with E-state index in [0.717, 1.165) is 30.1 Å². The summed E-state index contributed by atoms with van der Waals surface area (Å²) in [6.07, 6.45) is 5.69. The molecule has 0 aliphatic carbocycles. The minimum absolute atomic E-state index is 0.176. The van der Waals surface area contributed by atoms with Gasteiger partial charge in [-0.05, 0) is 30.0 Å². The Bertz CT molecular complexity index is 595. The fourth-order valence-corrected chi connectivity index (χ4v) is 3.04. The van der Waals surface area contributed by atoms with Crippen LogP contribution in [0.1, 0.15) is 42.5 Å². The third-order valence-electron chi connectivity index (χ3n) is 3.62. The molecule has 0 spiro atoms. The number of aromatic nitrogens is 2. The van der Waals surface area contributed by atoms with E-state index in [1.165, 1.54) is 5.56 Å². The van der Waals surface area contributed by atoms with Crippen LogP contribution in [0, 0.1) is 0 Å². The van der Waals surface area contributed by atoms with Crippen molar-refractivity contribution in [1.82, 2.24) is 14.9 Å². The van der Waals surface area contributed by atoms with E-state index in [9.17, 15) is 4.79 Å². The van der Waals surface area contributed by atoms with Crippen molar-refractivity contribution in [2.75, 3.05) is 13.6 Å². The molecule has 22 heavy (non-hydrogen) atoms. The Hall–Kier alpha value is -1.75. The molecule has 0 aliphatic heterocycles. The normalized spacial score (nSPS) is 10.9. The van der Waals surface area contributed by atoms with Gasteiger partial charge in [-0.15, -0.1) is 11.3 Å². The Morgan fingerprint density at radius 1 is 1.27 bits per heavy atom. The van der Waals surface area contributed by atoms with E-state index in [-0.39, 0.29) is 5.91 Å². The van der Waals surface area contributed by atoms with Crippen LogP contribution in [0.15, 0.2) is 29.9 Å². The summed E-state index contributed by atoms with van der Waals surface area (Å²) in [5.74, 6) is 0.624. The molecule has 2 aromatic rings. The third kappa shape index (κ3) is 4.91. The molecule has 1 amide bonds. The van der Waals surface area contributed by atoms with Crippen molar-refractivity contribution in [2.45, 2.75) is 39.0 Å². The van der Waals surface area contributed by atoms with Gasteiger partial charge in [0.05, 0.1) is 10.7 Å². The van der Waals surface area contributed by atoms with Gasteiger partial charge >= 0.3 is 0 Å². The molecule has 0 radical (unpaired) electrons. The van der Waals surface area contributed by atoms with Crippen LogP contribution in [0.4, 0.5) is 0 Å². The van der Waals surface area contributed by atoms with Gasteiger partial charge in [0.2, 0.25) is 5.91 Å². The number of thiazole rings is 1. The molecule has 0 bridgehead atoms. The summed E-state index contributed by atoms with van der Waals surface area (Å²) in [5, 5.41) is 3.15. The average Bonchev–Trinajstić information content (AvgIpc) is 3.00. The van der Waals surface area contributed by atoms with Gasteiger partial charge in [-0.1, -0.05) is 13.8 Å². The number of likely N-dealkylation sites (N-methyl/N-ethyl adjacent to an activating group) is 1. The molecule has 2 aromatic heterocycles. The smallest absolute Gasteiger partial charge is 0.222 e. The first-order valence-electron chi connectivity index (χ1n) is 7.63. The molecule has 2 rings (SSSR count). The van der Waals surface area contributed by atoms with E-state index < -0.39 is 0 Å². The summed E-state index contributed by atoms with van der Waals surface area (Å²) in [4.78, 5) is 22.5. The summed E-state index contributed by atoms with van der Waals surface area (Å²) >= 11 is 1.65. The highest BCUT2D eigenvalue weighted by atomic mass is 32.1. The van der Waals surface area contributed by atoms with Crippen LogP contribution in [-0.2, 0) is 17.6 Å². The highest BCUT2D eigenvalue weighted by Gasteiger charge is 2.11. The maximum Gasteiger partial charge on any atom is 0.222 e. The molecule has 0 aromatic carbocycles. The minimum atomic E-state index is 0.176. The van der Waals surface area contributed by atoms with Crippen molar-refractivity contribution in [3.63, 3.8) is 0 Å². The monoisotopic (exact) mass is 317 g/mol. The maximum atomic E-state index is 12.2. The Labute approximate surface area is 136 Å². The van der Waals surface area contributed by atoms with Crippen molar-refractivity contribution < 1.29 is 4.79 Å². The maximum absolute atomic E-state index is 12.2. The number of aryl methyl sites for hydroxylation is 1. The molecule has 0 fully saturated rings. The molecule has 0 saturated heterocycles. The van der Waals surface area contributed by atoms with Gasteiger partial charge in [0.25, 0.3) is 0 Å². The molecule has 0 aliphatic rings.